The Labute approximate surface area is 163 Å². The Balaban J connectivity index is 0.00000288. The average Bonchev–Trinajstić information content (AvgIpc) is 3.10. The highest BCUT2D eigenvalue weighted by atomic mass is 127. The van der Waals surface area contributed by atoms with Gasteiger partial charge in [-0.15, -0.1) is 24.0 Å². The normalized spacial score (nSPS) is 17.2. The van der Waals surface area contributed by atoms with E-state index in [0.717, 1.165) is 51.5 Å². The molecule has 0 aromatic carbocycles. The summed E-state index contributed by atoms with van der Waals surface area (Å²) in [6.07, 6.45) is 11.4. The molecule has 24 heavy (non-hydrogen) atoms. The second kappa shape index (κ2) is 11.7. The maximum absolute atomic E-state index is 6.23. The van der Waals surface area contributed by atoms with Gasteiger partial charge in [-0.2, -0.15) is 0 Å². The van der Waals surface area contributed by atoms with Crippen molar-refractivity contribution in [3.63, 3.8) is 0 Å². The topological polar surface area (TPSA) is 50.6 Å². The van der Waals surface area contributed by atoms with Gasteiger partial charge in [0.15, 0.2) is 5.96 Å². The zero-order valence-electron chi connectivity index (χ0n) is 15.1. The molecule has 1 saturated carbocycles. The Morgan fingerprint density at radius 1 is 1.17 bits per heavy atom. The van der Waals surface area contributed by atoms with Gasteiger partial charge >= 0.3 is 0 Å². The summed E-state index contributed by atoms with van der Waals surface area (Å²) in [4.78, 5) is 4.33. The van der Waals surface area contributed by atoms with E-state index < -0.39 is 0 Å². The van der Waals surface area contributed by atoms with E-state index in [1.807, 2.05) is 19.2 Å². The van der Waals surface area contributed by atoms with Crippen LogP contribution in [0.4, 0.5) is 0 Å². The maximum Gasteiger partial charge on any atom is 0.191 e. The van der Waals surface area contributed by atoms with E-state index in [1.54, 1.807) is 0 Å². The fourth-order valence-corrected chi connectivity index (χ4v) is 3.17. The van der Waals surface area contributed by atoms with Crippen molar-refractivity contribution < 1.29 is 4.74 Å². The first kappa shape index (κ1) is 21.3. The smallest absolute Gasteiger partial charge is 0.191 e. The molecule has 0 amide bonds. The van der Waals surface area contributed by atoms with Gasteiger partial charge in [0.1, 0.15) is 0 Å². The number of hydrogen-bond donors (Lipinski definition) is 2. The molecule has 0 unspecified atom stereocenters. The third kappa shape index (κ3) is 7.01. The molecule has 1 aromatic rings. The van der Waals surface area contributed by atoms with E-state index in [9.17, 15) is 0 Å². The highest BCUT2D eigenvalue weighted by molar-refractivity contribution is 14.0. The number of hydrogen-bond acceptors (Lipinski definition) is 2. The van der Waals surface area contributed by atoms with Gasteiger partial charge in [0.05, 0.1) is 5.60 Å². The second-order valence-electron chi connectivity index (χ2n) is 6.37. The van der Waals surface area contributed by atoms with Crippen LogP contribution in [0.2, 0.25) is 0 Å². The predicted octanol–water partition coefficient (Wildman–Crippen LogP) is 3.40. The average molecular weight is 448 g/mol. The lowest BCUT2D eigenvalue weighted by atomic mass is 9.84. The number of rotatable bonds is 8. The third-order valence-corrected chi connectivity index (χ3v) is 4.51. The first-order valence-corrected chi connectivity index (χ1v) is 8.97. The molecule has 2 N–H and O–H groups in total. The van der Waals surface area contributed by atoms with Crippen molar-refractivity contribution >= 4 is 29.9 Å². The summed E-state index contributed by atoms with van der Waals surface area (Å²) in [5.41, 5.74) is -0.00763. The van der Waals surface area contributed by atoms with Crippen LogP contribution >= 0.6 is 24.0 Å². The largest absolute Gasteiger partial charge is 0.373 e. The summed E-state index contributed by atoms with van der Waals surface area (Å²) in [5.74, 6) is 0.863. The lowest BCUT2D eigenvalue weighted by molar-refractivity contribution is -0.0657. The van der Waals surface area contributed by atoms with Crippen LogP contribution < -0.4 is 10.6 Å². The Kier molecular flexibility index (Phi) is 10.4. The van der Waals surface area contributed by atoms with Crippen molar-refractivity contribution in [3.8, 4) is 0 Å². The number of aromatic nitrogens is 1. The fourth-order valence-electron chi connectivity index (χ4n) is 3.17. The number of halogens is 1. The number of nitrogens with one attached hydrogen (secondary N) is 2. The van der Waals surface area contributed by atoms with Gasteiger partial charge in [0.25, 0.3) is 0 Å². The Morgan fingerprint density at radius 3 is 2.50 bits per heavy atom. The highest BCUT2D eigenvalue weighted by Crippen LogP contribution is 2.31. The van der Waals surface area contributed by atoms with E-state index >= 15 is 0 Å². The van der Waals surface area contributed by atoms with E-state index in [1.165, 1.54) is 19.3 Å². The van der Waals surface area contributed by atoms with Gasteiger partial charge < -0.3 is 19.9 Å². The van der Waals surface area contributed by atoms with Crippen LogP contribution in [0.25, 0.3) is 0 Å². The van der Waals surface area contributed by atoms with E-state index in [4.69, 9.17) is 4.74 Å². The van der Waals surface area contributed by atoms with Crippen LogP contribution in [0.3, 0.4) is 0 Å². The lowest BCUT2D eigenvalue weighted by Gasteiger charge is -2.37. The molecular weight excluding hydrogens is 415 g/mol. The number of guanidine groups is 1. The molecular formula is C18H33IN4O. The summed E-state index contributed by atoms with van der Waals surface area (Å²) in [6, 6.07) is 4.09. The first-order valence-electron chi connectivity index (χ1n) is 8.97. The number of ether oxygens (including phenoxy) is 1. The standard InChI is InChI=1S/C18H32N4O.HI/c1-3-15-23-18(9-5-4-6-10-18)16-21-17(19-2)20-11-14-22-12-7-8-13-22;/h7-8,12-13H,3-6,9-11,14-16H2,1-2H3,(H2,19,20,21);1H. The van der Waals surface area contributed by atoms with Crippen LogP contribution in [0, 0.1) is 0 Å². The molecule has 1 heterocycles. The van der Waals surface area contributed by atoms with Gasteiger partial charge in [-0.1, -0.05) is 26.2 Å². The molecule has 0 atom stereocenters. The van der Waals surface area contributed by atoms with Gasteiger partial charge in [0, 0.05) is 45.7 Å². The van der Waals surface area contributed by atoms with Crippen molar-refractivity contribution in [1.29, 1.82) is 0 Å². The van der Waals surface area contributed by atoms with Crippen molar-refractivity contribution in [2.75, 3.05) is 26.7 Å². The fraction of sp³-hybridized carbons (Fsp3) is 0.722. The van der Waals surface area contributed by atoms with Gasteiger partial charge in [-0.25, -0.2) is 0 Å². The number of nitrogens with zero attached hydrogens (tertiary/aromatic N) is 2. The minimum atomic E-state index is -0.00763. The summed E-state index contributed by atoms with van der Waals surface area (Å²) in [5, 5.41) is 6.86. The summed E-state index contributed by atoms with van der Waals surface area (Å²) < 4.78 is 8.39. The van der Waals surface area contributed by atoms with Crippen LogP contribution in [-0.4, -0.2) is 42.9 Å². The molecule has 0 spiro atoms. The summed E-state index contributed by atoms with van der Waals surface area (Å²) in [6.45, 7) is 5.66. The minimum absolute atomic E-state index is 0. The van der Waals surface area contributed by atoms with Gasteiger partial charge in [-0.3, -0.25) is 4.99 Å². The van der Waals surface area contributed by atoms with Gasteiger partial charge in [-0.05, 0) is 31.4 Å². The molecule has 5 nitrogen and oxygen atoms in total. The van der Waals surface area contributed by atoms with Crippen molar-refractivity contribution in [2.45, 2.75) is 57.6 Å². The molecule has 0 bridgehead atoms. The SMILES string of the molecule is CCCOC1(CNC(=NC)NCCn2cccc2)CCCCC1.I. The van der Waals surface area contributed by atoms with E-state index in [2.05, 4.69) is 39.5 Å². The van der Waals surface area contributed by atoms with E-state index in [-0.39, 0.29) is 29.6 Å². The molecule has 0 aliphatic heterocycles. The molecule has 138 valence electrons. The molecule has 6 heteroatoms. The maximum atomic E-state index is 6.23. The molecule has 1 fully saturated rings. The van der Waals surface area contributed by atoms with Crippen LogP contribution in [0.15, 0.2) is 29.5 Å². The van der Waals surface area contributed by atoms with E-state index in [0.29, 0.717) is 0 Å². The lowest BCUT2D eigenvalue weighted by Crippen LogP contribution is -2.50. The summed E-state index contributed by atoms with van der Waals surface area (Å²) in [7, 11) is 1.82. The first-order chi connectivity index (χ1) is 11.3. The molecule has 1 aliphatic carbocycles. The van der Waals surface area contributed by atoms with Crippen molar-refractivity contribution in [1.82, 2.24) is 15.2 Å². The van der Waals surface area contributed by atoms with Crippen molar-refractivity contribution in [2.24, 2.45) is 4.99 Å². The second-order valence-corrected chi connectivity index (χ2v) is 6.37. The molecule has 0 radical (unpaired) electrons. The molecule has 0 saturated heterocycles. The Morgan fingerprint density at radius 2 is 1.88 bits per heavy atom. The monoisotopic (exact) mass is 448 g/mol. The predicted molar refractivity (Wildman–Crippen MR) is 111 cm³/mol. The Hall–Kier alpha value is -0.760. The molecule has 1 aromatic heterocycles. The third-order valence-electron chi connectivity index (χ3n) is 4.51. The molecule has 1 aliphatic rings. The quantitative estimate of drug-likeness (QED) is 0.364. The molecule has 2 rings (SSSR count). The zero-order chi connectivity index (χ0) is 16.4. The van der Waals surface area contributed by atoms with Crippen molar-refractivity contribution in [3.05, 3.63) is 24.5 Å². The van der Waals surface area contributed by atoms with Crippen LogP contribution in [-0.2, 0) is 11.3 Å². The van der Waals surface area contributed by atoms with Gasteiger partial charge in [0.2, 0.25) is 0 Å². The number of aliphatic imine (C=N–C) groups is 1. The zero-order valence-corrected chi connectivity index (χ0v) is 17.4. The Bertz CT molecular complexity index is 456. The highest BCUT2D eigenvalue weighted by Gasteiger charge is 2.32. The minimum Gasteiger partial charge on any atom is -0.373 e. The van der Waals surface area contributed by atoms with Crippen LogP contribution in [0.5, 0.6) is 0 Å². The summed E-state index contributed by atoms with van der Waals surface area (Å²) >= 11 is 0. The van der Waals surface area contributed by atoms with Crippen LogP contribution in [0.1, 0.15) is 45.4 Å².